The first-order valence-electron chi connectivity index (χ1n) is 10.1. The third-order valence-corrected chi connectivity index (χ3v) is 5.66. The fraction of sp³-hybridized carbons (Fsp3) is 0.304. The minimum absolute atomic E-state index is 0.0341. The van der Waals surface area contributed by atoms with Gasteiger partial charge >= 0.3 is 0 Å². The number of carbonyl (C=O) groups excluding carboxylic acids is 1. The highest BCUT2D eigenvalue weighted by atomic mass is 32.1. The SMILES string of the molecule is CCOc1ccccc1N1CCN(C(=O)c2cccc(OCc3cscn3)c2)CC1. The van der Waals surface area contributed by atoms with E-state index in [4.69, 9.17) is 9.47 Å². The molecule has 6 nitrogen and oxygen atoms in total. The van der Waals surface area contributed by atoms with E-state index in [9.17, 15) is 4.79 Å². The van der Waals surface area contributed by atoms with Crippen LogP contribution in [0.15, 0.2) is 59.4 Å². The predicted octanol–water partition coefficient (Wildman–Crippen LogP) is 4.08. The van der Waals surface area contributed by atoms with E-state index in [0.717, 1.165) is 30.2 Å². The summed E-state index contributed by atoms with van der Waals surface area (Å²) in [4.78, 5) is 21.4. The molecule has 1 aliphatic rings. The predicted molar refractivity (Wildman–Crippen MR) is 119 cm³/mol. The first-order chi connectivity index (χ1) is 14.7. The van der Waals surface area contributed by atoms with Gasteiger partial charge in [-0.05, 0) is 37.3 Å². The van der Waals surface area contributed by atoms with Crippen LogP contribution in [0.2, 0.25) is 0 Å². The van der Waals surface area contributed by atoms with Crippen molar-refractivity contribution in [2.75, 3.05) is 37.7 Å². The van der Waals surface area contributed by atoms with Gasteiger partial charge in [-0.1, -0.05) is 18.2 Å². The largest absolute Gasteiger partial charge is 0.492 e. The zero-order valence-corrected chi connectivity index (χ0v) is 17.8. The van der Waals surface area contributed by atoms with Gasteiger partial charge in [0.25, 0.3) is 5.91 Å². The maximum atomic E-state index is 13.0. The van der Waals surface area contributed by atoms with Gasteiger partial charge in [0.05, 0.1) is 23.5 Å². The van der Waals surface area contributed by atoms with Crippen LogP contribution >= 0.6 is 11.3 Å². The molecule has 1 aromatic heterocycles. The van der Waals surface area contributed by atoms with Crippen molar-refractivity contribution in [3.05, 3.63) is 70.7 Å². The second kappa shape index (κ2) is 9.63. The van der Waals surface area contributed by atoms with Gasteiger partial charge in [0, 0.05) is 37.1 Å². The molecule has 0 atom stereocenters. The van der Waals surface area contributed by atoms with Crippen molar-refractivity contribution >= 4 is 22.9 Å². The van der Waals surface area contributed by atoms with Crippen LogP contribution in [0.1, 0.15) is 23.0 Å². The molecule has 0 radical (unpaired) electrons. The summed E-state index contributed by atoms with van der Waals surface area (Å²) in [6.45, 7) is 5.91. The molecule has 0 unspecified atom stereocenters. The summed E-state index contributed by atoms with van der Waals surface area (Å²) < 4.78 is 11.5. The molecule has 1 aliphatic heterocycles. The number of carbonyl (C=O) groups is 1. The smallest absolute Gasteiger partial charge is 0.254 e. The van der Waals surface area contributed by atoms with E-state index in [1.165, 1.54) is 11.3 Å². The second-order valence-corrected chi connectivity index (χ2v) is 7.69. The van der Waals surface area contributed by atoms with Crippen molar-refractivity contribution in [1.29, 1.82) is 0 Å². The lowest BCUT2D eigenvalue weighted by molar-refractivity contribution is 0.0746. The van der Waals surface area contributed by atoms with Gasteiger partial charge < -0.3 is 19.3 Å². The molecule has 7 heteroatoms. The van der Waals surface area contributed by atoms with E-state index in [1.54, 1.807) is 5.51 Å². The summed E-state index contributed by atoms with van der Waals surface area (Å²) in [5, 5.41) is 1.96. The van der Waals surface area contributed by atoms with Crippen LogP contribution in [-0.4, -0.2) is 48.6 Å². The third kappa shape index (κ3) is 4.74. The Hall–Kier alpha value is -3.06. The summed E-state index contributed by atoms with van der Waals surface area (Å²) in [5.41, 5.74) is 4.41. The van der Waals surface area contributed by atoms with Gasteiger partial charge in [0.1, 0.15) is 18.1 Å². The number of thiazole rings is 1. The molecule has 0 saturated carbocycles. The first-order valence-corrected chi connectivity index (χ1v) is 11.0. The highest BCUT2D eigenvalue weighted by Crippen LogP contribution is 2.29. The van der Waals surface area contributed by atoms with Gasteiger partial charge in [-0.2, -0.15) is 0 Å². The molecule has 30 heavy (non-hydrogen) atoms. The quantitative estimate of drug-likeness (QED) is 0.573. The Morgan fingerprint density at radius 1 is 1.07 bits per heavy atom. The Bertz CT molecular complexity index is 969. The van der Waals surface area contributed by atoms with Crippen LogP contribution in [0, 0.1) is 0 Å². The Labute approximate surface area is 180 Å². The lowest BCUT2D eigenvalue weighted by Crippen LogP contribution is -2.48. The van der Waals surface area contributed by atoms with Crippen molar-refractivity contribution in [3.63, 3.8) is 0 Å². The number of nitrogens with zero attached hydrogens (tertiary/aromatic N) is 3. The number of aromatic nitrogens is 1. The molecule has 2 heterocycles. The summed E-state index contributed by atoms with van der Waals surface area (Å²) in [5.74, 6) is 1.61. The Morgan fingerprint density at radius 3 is 2.67 bits per heavy atom. The lowest BCUT2D eigenvalue weighted by Gasteiger charge is -2.36. The lowest BCUT2D eigenvalue weighted by atomic mass is 10.1. The average molecular weight is 424 g/mol. The highest BCUT2D eigenvalue weighted by Gasteiger charge is 2.24. The van der Waals surface area contributed by atoms with Crippen LogP contribution in [0.5, 0.6) is 11.5 Å². The van der Waals surface area contributed by atoms with Gasteiger partial charge in [-0.15, -0.1) is 11.3 Å². The Morgan fingerprint density at radius 2 is 1.90 bits per heavy atom. The first kappa shape index (κ1) is 20.2. The molecule has 1 amide bonds. The van der Waals surface area contributed by atoms with Crippen LogP contribution in [0.3, 0.4) is 0 Å². The van der Waals surface area contributed by atoms with Crippen LogP contribution in [0.4, 0.5) is 5.69 Å². The van der Waals surface area contributed by atoms with E-state index in [0.29, 0.717) is 37.6 Å². The van der Waals surface area contributed by atoms with E-state index in [-0.39, 0.29) is 5.91 Å². The van der Waals surface area contributed by atoms with E-state index in [2.05, 4.69) is 16.0 Å². The maximum Gasteiger partial charge on any atom is 0.254 e. The van der Waals surface area contributed by atoms with Gasteiger partial charge in [-0.3, -0.25) is 4.79 Å². The number of amides is 1. The summed E-state index contributed by atoms with van der Waals surface area (Å²) in [7, 11) is 0. The van der Waals surface area contributed by atoms with E-state index < -0.39 is 0 Å². The monoisotopic (exact) mass is 423 g/mol. The summed E-state index contributed by atoms with van der Waals surface area (Å²) >= 11 is 1.54. The normalized spacial score (nSPS) is 13.9. The fourth-order valence-corrected chi connectivity index (χ4v) is 4.06. The summed E-state index contributed by atoms with van der Waals surface area (Å²) in [6.07, 6.45) is 0. The molecule has 0 spiro atoms. The third-order valence-electron chi connectivity index (χ3n) is 5.02. The molecular formula is C23H25N3O3S. The molecule has 2 aromatic carbocycles. The Balaban J connectivity index is 1.37. The Kier molecular flexibility index (Phi) is 6.49. The standard InChI is InChI=1S/C23H25N3O3S/c1-2-28-22-9-4-3-8-21(22)25-10-12-26(13-11-25)23(27)18-6-5-7-20(14-18)29-15-19-16-30-17-24-19/h3-9,14,16-17H,2,10-13,15H2,1H3. The van der Waals surface area contributed by atoms with Crippen molar-refractivity contribution < 1.29 is 14.3 Å². The minimum Gasteiger partial charge on any atom is -0.492 e. The number of anilines is 1. The fourth-order valence-electron chi connectivity index (χ4n) is 3.51. The number of rotatable bonds is 7. The van der Waals surface area contributed by atoms with Gasteiger partial charge in [-0.25, -0.2) is 4.98 Å². The molecular weight excluding hydrogens is 398 g/mol. The van der Waals surface area contributed by atoms with Crippen LogP contribution in [0.25, 0.3) is 0 Å². The zero-order valence-electron chi connectivity index (χ0n) is 17.0. The minimum atomic E-state index is 0.0341. The maximum absolute atomic E-state index is 13.0. The molecule has 1 saturated heterocycles. The molecule has 4 rings (SSSR count). The van der Waals surface area contributed by atoms with Gasteiger partial charge in [0.15, 0.2) is 0 Å². The number of hydrogen-bond donors (Lipinski definition) is 0. The number of benzene rings is 2. The molecule has 0 bridgehead atoms. The number of piperazine rings is 1. The topological polar surface area (TPSA) is 54.9 Å². The van der Waals surface area contributed by atoms with Crippen molar-refractivity contribution in [1.82, 2.24) is 9.88 Å². The molecule has 3 aromatic rings. The van der Waals surface area contributed by atoms with Crippen LogP contribution in [-0.2, 0) is 6.61 Å². The molecule has 0 N–H and O–H groups in total. The second-order valence-electron chi connectivity index (χ2n) is 6.98. The zero-order chi connectivity index (χ0) is 20.8. The van der Waals surface area contributed by atoms with Crippen molar-refractivity contribution in [3.8, 4) is 11.5 Å². The number of ether oxygens (including phenoxy) is 2. The number of para-hydroxylation sites is 2. The number of hydrogen-bond acceptors (Lipinski definition) is 6. The molecule has 156 valence electrons. The highest BCUT2D eigenvalue weighted by molar-refractivity contribution is 7.07. The van der Waals surface area contributed by atoms with Gasteiger partial charge in [0.2, 0.25) is 0 Å². The summed E-state index contributed by atoms with van der Waals surface area (Å²) in [6, 6.07) is 15.5. The van der Waals surface area contributed by atoms with E-state index >= 15 is 0 Å². The van der Waals surface area contributed by atoms with Crippen molar-refractivity contribution in [2.24, 2.45) is 0 Å². The van der Waals surface area contributed by atoms with Crippen LogP contribution < -0.4 is 14.4 Å². The van der Waals surface area contributed by atoms with Crippen molar-refractivity contribution in [2.45, 2.75) is 13.5 Å². The molecule has 0 aliphatic carbocycles. The average Bonchev–Trinajstić information content (AvgIpc) is 3.32. The molecule has 1 fully saturated rings. The van der Waals surface area contributed by atoms with E-state index in [1.807, 2.05) is 59.7 Å².